The summed E-state index contributed by atoms with van der Waals surface area (Å²) >= 11 is 0. The molecule has 3 rings (SSSR count). The first-order valence-electron chi connectivity index (χ1n) is 9.23. The van der Waals surface area contributed by atoms with Gasteiger partial charge in [-0.05, 0) is 31.4 Å². The van der Waals surface area contributed by atoms with Gasteiger partial charge in [0, 0.05) is 42.9 Å². The van der Waals surface area contributed by atoms with Gasteiger partial charge in [-0.25, -0.2) is 0 Å². The standard InChI is InChI=1S/C19H25N3O4/c23-11-4-2-1-3-10-20-15-7-5-6-13-14(15)12-22(19(13)26)16-8-9-17(24)21-18(16)25/h5-7,16,20,23H,1-4,8-12H2,(H,21,24,25). The molecule has 7 heteroatoms. The number of piperidine rings is 1. The summed E-state index contributed by atoms with van der Waals surface area (Å²) in [6.07, 6.45) is 4.51. The lowest BCUT2D eigenvalue weighted by Gasteiger charge is -2.29. The monoisotopic (exact) mass is 359 g/mol. The zero-order valence-electron chi connectivity index (χ0n) is 14.8. The normalized spacial score (nSPS) is 19.5. The predicted molar refractivity (Wildman–Crippen MR) is 96.5 cm³/mol. The van der Waals surface area contributed by atoms with Crippen LogP contribution in [0.3, 0.4) is 0 Å². The molecule has 0 saturated carbocycles. The van der Waals surface area contributed by atoms with Crippen LogP contribution < -0.4 is 10.6 Å². The second-order valence-corrected chi connectivity index (χ2v) is 6.80. The van der Waals surface area contributed by atoms with Crippen molar-refractivity contribution < 1.29 is 19.5 Å². The van der Waals surface area contributed by atoms with E-state index in [9.17, 15) is 14.4 Å². The van der Waals surface area contributed by atoms with Gasteiger partial charge >= 0.3 is 0 Å². The molecule has 2 aliphatic rings. The summed E-state index contributed by atoms with van der Waals surface area (Å²) in [6, 6.07) is 5.00. The Hall–Kier alpha value is -2.41. The third-order valence-electron chi connectivity index (χ3n) is 4.98. The van der Waals surface area contributed by atoms with Crippen LogP contribution in [0.4, 0.5) is 5.69 Å². The molecule has 1 saturated heterocycles. The second kappa shape index (κ2) is 8.31. The lowest BCUT2D eigenvalue weighted by atomic mass is 10.0. The SMILES string of the molecule is O=C1CCC(N2Cc3c(NCCCCCCO)cccc3C2=O)C(=O)N1. The fourth-order valence-corrected chi connectivity index (χ4v) is 3.56. The molecule has 1 unspecified atom stereocenters. The van der Waals surface area contributed by atoms with Crippen molar-refractivity contribution in [3.8, 4) is 0 Å². The van der Waals surface area contributed by atoms with E-state index in [0.29, 0.717) is 18.5 Å². The summed E-state index contributed by atoms with van der Waals surface area (Å²) in [5.41, 5.74) is 2.46. The number of hydrogen-bond acceptors (Lipinski definition) is 5. The number of nitrogens with one attached hydrogen (secondary N) is 2. The Morgan fingerprint density at radius 1 is 1.15 bits per heavy atom. The highest BCUT2D eigenvalue weighted by Crippen LogP contribution is 2.32. The third-order valence-corrected chi connectivity index (χ3v) is 4.98. The van der Waals surface area contributed by atoms with Crippen LogP contribution in [0.25, 0.3) is 0 Å². The number of fused-ring (bicyclic) bond motifs is 1. The molecule has 3 amide bonds. The van der Waals surface area contributed by atoms with E-state index >= 15 is 0 Å². The van der Waals surface area contributed by atoms with Crippen molar-refractivity contribution in [2.24, 2.45) is 0 Å². The minimum Gasteiger partial charge on any atom is -0.396 e. The summed E-state index contributed by atoms with van der Waals surface area (Å²) < 4.78 is 0. The van der Waals surface area contributed by atoms with Gasteiger partial charge in [0.05, 0.1) is 0 Å². The van der Waals surface area contributed by atoms with E-state index in [-0.39, 0.29) is 30.7 Å². The van der Waals surface area contributed by atoms with Gasteiger partial charge in [0.25, 0.3) is 5.91 Å². The molecule has 0 spiro atoms. The number of unbranched alkanes of at least 4 members (excludes halogenated alkanes) is 3. The number of carbonyl (C=O) groups is 3. The van der Waals surface area contributed by atoms with Crippen molar-refractivity contribution in [1.82, 2.24) is 10.2 Å². The topological polar surface area (TPSA) is 98.7 Å². The summed E-state index contributed by atoms with van der Waals surface area (Å²) in [4.78, 5) is 37.8. The Kier molecular flexibility index (Phi) is 5.88. The van der Waals surface area contributed by atoms with Crippen molar-refractivity contribution in [1.29, 1.82) is 0 Å². The lowest BCUT2D eigenvalue weighted by Crippen LogP contribution is -2.52. The molecular formula is C19H25N3O4. The Balaban J connectivity index is 1.64. The van der Waals surface area contributed by atoms with Gasteiger partial charge in [0.1, 0.15) is 6.04 Å². The molecule has 1 aromatic rings. The summed E-state index contributed by atoms with van der Waals surface area (Å²) in [7, 11) is 0. The van der Waals surface area contributed by atoms with Crippen LogP contribution in [0, 0.1) is 0 Å². The van der Waals surface area contributed by atoms with Crippen molar-refractivity contribution in [2.45, 2.75) is 51.1 Å². The van der Waals surface area contributed by atoms with Gasteiger partial charge in [0.2, 0.25) is 11.8 Å². The minimum atomic E-state index is -0.584. The van der Waals surface area contributed by atoms with E-state index in [4.69, 9.17) is 5.11 Å². The van der Waals surface area contributed by atoms with E-state index in [1.807, 2.05) is 12.1 Å². The number of hydrogen-bond donors (Lipinski definition) is 3. The van der Waals surface area contributed by atoms with Gasteiger partial charge in [-0.3, -0.25) is 19.7 Å². The third kappa shape index (κ3) is 3.88. The van der Waals surface area contributed by atoms with Crippen LogP contribution in [0.1, 0.15) is 54.4 Å². The molecule has 2 aliphatic heterocycles. The van der Waals surface area contributed by atoms with Crippen molar-refractivity contribution in [3.63, 3.8) is 0 Å². The van der Waals surface area contributed by atoms with Gasteiger partial charge in [-0.15, -0.1) is 0 Å². The largest absolute Gasteiger partial charge is 0.396 e. The maximum absolute atomic E-state index is 12.7. The van der Waals surface area contributed by atoms with Crippen LogP contribution in [0.2, 0.25) is 0 Å². The molecule has 0 radical (unpaired) electrons. The van der Waals surface area contributed by atoms with Gasteiger partial charge in [0.15, 0.2) is 0 Å². The Bertz CT molecular complexity index is 704. The maximum Gasteiger partial charge on any atom is 0.255 e. The van der Waals surface area contributed by atoms with E-state index in [0.717, 1.165) is 43.5 Å². The Labute approximate surface area is 152 Å². The summed E-state index contributed by atoms with van der Waals surface area (Å²) in [5.74, 6) is -0.819. The zero-order valence-corrected chi connectivity index (χ0v) is 14.8. The highest BCUT2D eigenvalue weighted by Gasteiger charge is 2.39. The molecule has 3 N–H and O–H groups in total. The van der Waals surface area contributed by atoms with Crippen LogP contribution in [0.5, 0.6) is 0 Å². The van der Waals surface area contributed by atoms with E-state index in [1.54, 1.807) is 11.0 Å². The van der Waals surface area contributed by atoms with E-state index < -0.39 is 6.04 Å². The number of benzene rings is 1. The summed E-state index contributed by atoms with van der Waals surface area (Å²) in [6.45, 7) is 1.42. The quantitative estimate of drug-likeness (QED) is 0.481. The number of aliphatic hydroxyl groups is 1. The van der Waals surface area contributed by atoms with Crippen molar-refractivity contribution >= 4 is 23.4 Å². The average molecular weight is 359 g/mol. The molecular weight excluding hydrogens is 334 g/mol. The first-order chi connectivity index (χ1) is 12.6. The fourth-order valence-electron chi connectivity index (χ4n) is 3.56. The molecule has 0 aliphatic carbocycles. The second-order valence-electron chi connectivity index (χ2n) is 6.80. The van der Waals surface area contributed by atoms with Crippen LogP contribution in [0.15, 0.2) is 18.2 Å². The highest BCUT2D eigenvalue weighted by molar-refractivity contribution is 6.06. The molecule has 1 fully saturated rings. The first kappa shape index (κ1) is 18.4. The number of anilines is 1. The molecule has 7 nitrogen and oxygen atoms in total. The summed E-state index contributed by atoms with van der Waals surface area (Å²) in [5, 5.41) is 14.5. The first-order valence-corrected chi connectivity index (χ1v) is 9.23. The van der Waals surface area contributed by atoms with Crippen LogP contribution in [-0.2, 0) is 16.1 Å². The maximum atomic E-state index is 12.7. The Morgan fingerprint density at radius 3 is 2.73 bits per heavy atom. The van der Waals surface area contributed by atoms with E-state index in [2.05, 4.69) is 10.6 Å². The number of nitrogens with zero attached hydrogens (tertiary/aromatic N) is 1. The number of rotatable bonds is 8. The average Bonchev–Trinajstić information content (AvgIpc) is 2.96. The van der Waals surface area contributed by atoms with Crippen LogP contribution >= 0.6 is 0 Å². The fraction of sp³-hybridized carbons (Fsp3) is 0.526. The molecule has 1 atom stereocenters. The van der Waals surface area contributed by atoms with E-state index in [1.165, 1.54) is 0 Å². The minimum absolute atomic E-state index is 0.152. The van der Waals surface area contributed by atoms with Gasteiger partial charge in [-0.1, -0.05) is 18.9 Å². The zero-order chi connectivity index (χ0) is 18.5. The molecule has 140 valence electrons. The van der Waals surface area contributed by atoms with Gasteiger partial charge < -0.3 is 15.3 Å². The van der Waals surface area contributed by atoms with Gasteiger partial charge in [-0.2, -0.15) is 0 Å². The molecule has 1 aromatic carbocycles. The highest BCUT2D eigenvalue weighted by atomic mass is 16.3. The smallest absolute Gasteiger partial charge is 0.255 e. The lowest BCUT2D eigenvalue weighted by molar-refractivity contribution is -0.136. The molecule has 0 bridgehead atoms. The van der Waals surface area contributed by atoms with Crippen molar-refractivity contribution in [2.75, 3.05) is 18.5 Å². The van der Waals surface area contributed by atoms with Crippen molar-refractivity contribution in [3.05, 3.63) is 29.3 Å². The molecule has 2 heterocycles. The number of carbonyl (C=O) groups excluding carboxylic acids is 3. The van der Waals surface area contributed by atoms with Crippen LogP contribution in [-0.4, -0.2) is 46.9 Å². The predicted octanol–water partition coefficient (Wildman–Crippen LogP) is 1.41. The molecule has 26 heavy (non-hydrogen) atoms. The molecule has 0 aromatic heterocycles. The number of amides is 3. The number of aliphatic hydroxyl groups excluding tert-OH is 1. The Morgan fingerprint density at radius 2 is 1.96 bits per heavy atom. The number of imide groups is 1.